The fraction of sp³-hybridized carbons (Fsp3) is 0.462. The zero-order valence-electron chi connectivity index (χ0n) is 11.0. The number of rotatable bonds is 2. The van der Waals surface area contributed by atoms with Gasteiger partial charge >= 0.3 is 0 Å². The van der Waals surface area contributed by atoms with E-state index >= 15 is 0 Å². The minimum Gasteiger partial charge on any atom is -0.314 e. The lowest BCUT2D eigenvalue weighted by atomic mass is 10.2. The Bertz CT molecular complexity index is 597. The molecule has 1 aliphatic heterocycles. The van der Waals surface area contributed by atoms with Crippen LogP contribution in [0.4, 0.5) is 0 Å². The van der Waals surface area contributed by atoms with E-state index in [0.717, 1.165) is 0 Å². The van der Waals surface area contributed by atoms with Crippen LogP contribution < -0.4 is 5.32 Å². The van der Waals surface area contributed by atoms with Crippen molar-refractivity contribution in [2.24, 2.45) is 0 Å². The molecular formula is C13H17N3O2S. The third-order valence-electron chi connectivity index (χ3n) is 3.31. The molecule has 1 N–H and O–H groups in total. The quantitative estimate of drug-likeness (QED) is 0.874. The first-order valence-electron chi connectivity index (χ1n) is 6.22. The molecule has 1 saturated heterocycles. The highest BCUT2D eigenvalue weighted by Crippen LogP contribution is 2.24. The largest absolute Gasteiger partial charge is 0.314 e. The summed E-state index contributed by atoms with van der Waals surface area (Å²) >= 11 is 0. The van der Waals surface area contributed by atoms with E-state index in [-0.39, 0.29) is 22.5 Å². The maximum Gasteiger partial charge on any atom is 0.244 e. The lowest BCUT2D eigenvalue weighted by Gasteiger charge is -2.38. The van der Waals surface area contributed by atoms with Gasteiger partial charge in [-0.3, -0.25) is 0 Å². The molecule has 6 heteroatoms. The molecule has 1 fully saturated rings. The molecule has 1 aromatic carbocycles. The average molecular weight is 279 g/mol. The molecule has 19 heavy (non-hydrogen) atoms. The molecule has 2 unspecified atom stereocenters. The summed E-state index contributed by atoms with van der Waals surface area (Å²) in [5.41, 5.74) is 0.195. The van der Waals surface area contributed by atoms with Crippen LogP contribution in [0, 0.1) is 11.3 Å². The third-order valence-corrected chi connectivity index (χ3v) is 5.50. The molecule has 0 saturated carbocycles. The van der Waals surface area contributed by atoms with Crippen molar-refractivity contribution < 1.29 is 8.42 Å². The summed E-state index contributed by atoms with van der Waals surface area (Å²) in [6.45, 7) is 4.99. The van der Waals surface area contributed by atoms with Crippen LogP contribution in [0.25, 0.3) is 0 Å². The first-order chi connectivity index (χ1) is 8.98. The topological polar surface area (TPSA) is 73.2 Å². The predicted molar refractivity (Wildman–Crippen MR) is 72.0 cm³/mol. The molecule has 1 heterocycles. The molecule has 2 rings (SSSR count). The van der Waals surface area contributed by atoms with Gasteiger partial charge in [-0.25, -0.2) is 8.42 Å². The molecule has 0 spiro atoms. The van der Waals surface area contributed by atoms with Crippen LogP contribution in [0.15, 0.2) is 29.2 Å². The van der Waals surface area contributed by atoms with Crippen molar-refractivity contribution in [1.29, 1.82) is 5.26 Å². The van der Waals surface area contributed by atoms with Crippen LogP contribution in [0.1, 0.15) is 19.4 Å². The van der Waals surface area contributed by atoms with E-state index in [2.05, 4.69) is 5.32 Å². The van der Waals surface area contributed by atoms with Crippen molar-refractivity contribution in [3.8, 4) is 6.07 Å². The third kappa shape index (κ3) is 2.50. The van der Waals surface area contributed by atoms with Gasteiger partial charge in [0.15, 0.2) is 0 Å². The smallest absolute Gasteiger partial charge is 0.244 e. The molecule has 1 aromatic rings. The van der Waals surface area contributed by atoms with Gasteiger partial charge in [-0.15, -0.1) is 0 Å². The summed E-state index contributed by atoms with van der Waals surface area (Å²) in [7, 11) is -3.63. The highest BCUT2D eigenvalue weighted by atomic mass is 32.2. The molecule has 0 aliphatic carbocycles. The molecule has 102 valence electrons. The summed E-state index contributed by atoms with van der Waals surface area (Å²) in [5, 5.41) is 12.3. The minimum absolute atomic E-state index is 0.0955. The van der Waals surface area contributed by atoms with E-state index in [4.69, 9.17) is 5.26 Å². The highest BCUT2D eigenvalue weighted by Gasteiger charge is 2.36. The molecule has 0 bridgehead atoms. The van der Waals surface area contributed by atoms with E-state index in [0.29, 0.717) is 13.1 Å². The van der Waals surface area contributed by atoms with E-state index in [1.807, 2.05) is 19.9 Å². The zero-order valence-corrected chi connectivity index (χ0v) is 11.8. The summed E-state index contributed by atoms with van der Waals surface area (Å²) in [4.78, 5) is 0.0955. The second kappa shape index (κ2) is 5.29. The molecule has 0 radical (unpaired) electrons. The van der Waals surface area contributed by atoms with E-state index < -0.39 is 10.0 Å². The molecule has 0 aromatic heterocycles. The van der Waals surface area contributed by atoms with Crippen molar-refractivity contribution in [2.45, 2.75) is 30.8 Å². The summed E-state index contributed by atoms with van der Waals surface area (Å²) in [6.07, 6.45) is 0. The Balaban J connectivity index is 2.50. The first kappa shape index (κ1) is 14.0. The molecule has 1 aliphatic rings. The molecular weight excluding hydrogens is 262 g/mol. The van der Waals surface area contributed by atoms with Gasteiger partial charge in [0, 0.05) is 25.2 Å². The maximum absolute atomic E-state index is 12.7. The number of benzene rings is 1. The Morgan fingerprint density at radius 3 is 2.42 bits per heavy atom. The SMILES string of the molecule is CC1CNCC(C)N1S(=O)(=O)c1ccccc1C#N. The monoisotopic (exact) mass is 279 g/mol. The standard InChI is InChI=1S/C13H17N3O2S/c1-10-8-15-9-11(2)16(10)19(17,18)13-6-4-3-5-12(13)7-14/h3-6,10-11,15H,8-9H2,1-2H3. The van der Waals surface area contributed by atoms with Crippen molar-refractivity contribution in [2.75, 3.05) is 13.1 Å². The summed E-state index contributed by atoms with van der Waals surface area (Å²) in [6, 6.07) is 8.04. The fourth-order valence-electron chi connectivity index (χ4n) is 2.49. The predicted octanol–water partition coefficient (Wildman–Crippen LogP) is 0.929. The lowest BCUT2D eigenvalue weighted by molar-refractivity contribution is 0.220. The molecule has 2 atom stereocenters. The number of nitrogens with one attached hydrogen (secondary N) is 1. The lowest BCUT2D eigenvalue weighted by Crippen LogP contribution is -2.57. The van der Waals surface area contributed by atoms with Gasteiger partial charge in [-0.05, 0) is 26.0 Å². The number of nitriles is 1. The Morgan fingerprint density at radius 1 is 1.26 bits per heavy atom. The zero-order chi connectivity index (χ0) is 14.0. The van der Waals surface area contributed by atoms with Gasteiger partial charge in [-0.2, -0.15) is 9.57 Å². The normalized spacial score (nSPS) is 24.9. The fourth-order valence-corrected chi connectivity index (χ4v) is 4.45. The second-order valence-corrected chi connectivity index (χ2v) is 6.61. The van der Waals surface area contributed by atoms with Crippen molar-refractivity contribution >= 4 is 10.0 Å². The van der Waals surface area contributed by atoms with E-state index in [1.165, 1.54) is 16.4 Å². The van der Waals surface area contributed by atoms with Crippen LogP contribution in [0.2, 0.25) is 0 Å². The second-order valence-electron chi connectivity index (χ2n) is 4.80. The van der Waals surface area contributed by atoms with Crippen molar-refractivity contribution in [3.05, 3.63) is 29.8 Å². The Hall–Kier alpha value is -1.42. The molecule has 5 nitrogen and oxygen atoms in total. The van der Waals surface area contributed by atoms with E-state index in [1.54, 1.807) is 12.1 Å². The van der Waals surface area contributed by atoms with Gasteiger partial charge in [0.1, 0.15) is 6.07 Å². The summed E-state index contributed by atoms with van der Waals surface area (Å²) in [5.74, 6) is 0. The van der Waals surface area contributed by atoms with Gasteiger partial charge in [0.2, 0.25) is 10.0 Å². The Kier molecular flexibility index (Phi) is 3.90. The van der Waals surface area contributed by atoms with Crippen LogP contribution in [-0.2, 0) is 10.0 Å². The Labute approximate surface area is 113 Å². The highest BCUT2D eigenvalue weighted by molar-refractivity contribution is 7.89. The van der Waals surface area contributed by atoms with Gasteiger partial charge < -0.3 is 5.32 Å². The summed E-state index contributed by atoms with van der Waals surface area (Å²) < 4.78 is 27.0. The van der Waals surface area contributed by atoms with Crippen molar-refractivity contribution in [1.82, 2.24) is 9.62 Å². The maximum atomic E-state index is 12.7. The van der Waals surface area contributed by atoms with Crippen LogP contribution in [0.5, 0.6) is 0 Å². The van der Waals surface area contributed by atoms with Crippen molar-refractivity contribution in [3.63, 3.8) is 0 Å². The van der Waals surface area contributed by atoms with Gasteiger partial charge in [-0.1, -0.05) is 12.1 Å². The minimum atomic E-state index is -3.63. The number of sulfonamides is 1. The number of hydrogen-bond acceptors (Lipinski definition) is 4. The first-order valence-corrected chi connectivity index (χ1v) is 7.66. The van der Waals surface area contributed by atoms with Gasteiger partial charge in [0.05, 0.1) is 10.5 Å². The number of hydrogen-bond donors (Lipinski definition) is 1. The van der Waals surface area contributed by atoms with Gasteiger partial charge in [0.25, 0.3) is 0 Å². The van der Waals surface area contributed by atoms with E-state index in [9.17, 15) is 8.42 Å². The van der Waals surface area contributed by atoms with Crippen LogP contribution >= 0.6 is 0 Å². The molecule has 0 amide bonds. The average Bonchev–Trinajstić information content (AvgIpc) is 2.38. The number of nitrogens with zero attached hydrogens (tertiary/aromatic N) is 2. The Morgan fingerprint density at radius 2 is 1.84 bits per heavy atom. The van der Waals surface area contributed by atoms with Crippen LogP contribution in [0.3, 0.4) is 0 Å². The van der Waals surface area contributed by atoms with Crippen LogP contribution in [-0.4, -0.2) is 37.9 Å². The number of piperazine rings is 1.